The van der Waals surface area contributed by atoms with Crippen LogP contribution in [-0.2, 0) is 0 Å². The van der Waals surface area contributed by atoms with Crippen LogP contribution in [0.2, 0.25) is 0 Å². The van der Waals surface area contributed by atoms with Crippen LogP contribution in [0.4, 0.5) is 5.69 Å². The normalized spacial score (nSPS) is 29.0. The molecule has 4 unspecified atom stereocenters. The Kier molecular flexibility index (Phi) is 7.50. The number of nitrogens with zero attached hydrogens (tertiary/aromatic N) is 2. The van der Waals surface area contributed by atoms with Gasteiger partial charge in [-0.05, 0) is 85.7 Å². The third kappa shape index (κ3) is 5.00. The number of rotatable bonds is 4. The monoisotopic (exact) mass is 648 g/mol. The minimum Gasteiger partial charge on any atom is -0.334 e. The second-order valence-corrected chi connectivity index (χ2v) is 14.7. The quantitative estimate of drug-likeness (QED) is 0.200. The Balaban J connectivity index is 1.07. The summed E-state index contributed by atoms with van der Waals surface area (Å²) in [5.41, 5.74) is 13.3. The van der Waals surface area contributed by atoms with Gasteiger partial charge in [0, 0.05) is 46.1 Å². The van der Waals surface area contributed by atoms with Crippen molar-refractivity contribution in [2.75, 3.05) is 4.90 Å². The number of benzene rings is 3. The Morgan fingerprint density at radius 1 is 0.760 bits per heavy atom. The van der Waals surface area contributed by atoms with E-state index >= 15 is 0 Å². The molecule has 0 fully saturated rings. The standard InChI is InChI=1S/C48H44N2/c1-33-23-25-35(27-28-39(30-33)50-47-22-11-8-18-42(47)44-19-12-13-29-48(44,50)3)43-32-37(26-24-34(43)2)36-14-4-5-15-38(31-36)49-45-20-9-6-16-40(45)41-17-7-10-21-46(41)49/h4-13,15-24,26-27,29-32,34,43-44H,14,25,28H2,1-3H3/b33-23-,35-27+,39-30+. The Labute approximate surface area is 296 Å². The van der Waals surface area contributed by atoms with Crippen LogP contribution in [0.25, 0.3) is 27.5 Å². The minimum atomic E-state index is -0.118. The van der Waals surface area contributed by atoms with Crippen LogP contribution in [0.1, 0.15) is 51.5 Å². The molecule has 0 bridgehead atoms. The Hall–Kier alpha value is -5.34. The van der Waals surface area contributed by atoms with Crippen molar-refractivity contribution in [2.45, 2.75) is 51.5 Å². The highest BCUT2D eigenvalue weighted by Gasteiger charge is 2.47. The summed E-state index contributed by atoms with van der Waals surface area (Å²) >= 11 is 0. The lowest BCUT2D eigenvalue weighted by Crippen LogP contribution is -2.44. The molecule has 0 radical (unpaired) electrons. The van der Waals surface area contributed by atoms with E-state index in [-0.39, 0.29) is 5.54 Å². The smallest absolute Gasteiger partial charge is 0.0709 e. The van der Waals surface area contributed by atoms with E-state index in [0.29, 0.717) is 17.8 Å². The Morgan fingerprint density at radius 2 is 1.52 bits per heavy atom. The number of aromatic nitrogens is 1. The predicted octanol–water partition coefficient (Wildman–Crippen LogP) is 12.3. The van der Waals surface area contributed by atoms with Crippen molar-refractivity contribution in [3.63, 3.8) is 0 Å². The third-order valence-corrected chi connectivity index (χ3v) is 11.6. The van der Waals surface area contributed by atoms with E-state index in [1.807, 2.05) is 0 Å². The molecule has 0 spiro atoms. The highest BCUT2D eigenvalue weighted by atomic mass is 15.2. The first kappa shape index (κ1) is 30.7. The first-order valence-electron chi connectivity index (χ1n) is 18.3. The second-order valence-electron chi connectivity index (χ2n) is 14.7. The van der Waals surface area contributed by atoms with Gasteiger partial charge in [-0.15, -0.1) is 0 Å². The first-order chi connectivity index (χ1) is 24.5. The van der Waals surface area contributed by atoms with Crippen molar-refractivity contribution in [3.8, 4) is 0 Å². The molecule has 4 aliphatic carbocycles. The zero-order valence-corrected chi connectivity index (χ0v) is 29.3. The van der Waals surface area contributed by atoms with E-state index in [2.05, 4.69) is 188 Å². The highest BCUT2D eigenvalue weighted by Crippen LogP contribution is 2.53. The van der Waals surface area contributed by atoms with E-state index in [0.717, 1.165) is 19.3 Å². The number of fused-ring (bicyclic) bond motifs is 6. The lowest BCUT2D eigenvalue weighted by molar-refractivity contribution is 0.522. The molecule has 5 aliphatic rings. The number of hydrogen-bond donors (Lipinski definition) is 0. The van der Waals surface area contributed by atoms with Crippen LogP contribution >= 0.6 is 0 Å². The van der Waals surface area contributed by atoms with E-state index in [1.165, 1.54) is 66.7 Å². The number of para-hydroxylation sites is 3. The lowest BCUT2D eigenvalue weighted by Gasteiger charge is -2.41. The first-order valence-corrected chi connectivity index (χ1v) is 18.3. The zero-order chi connectivity index (χ0) is 33.8. The van der Waals surface area contributed by atoms with Gasteiger partial charge in [0.05, 0.1) is 16.6 Å². The van der Waals surface area contributed by atoms with Crippen LogP contribution in [0.3, 0.4) is 0 Å². The van der Waals surface area contributed by atoms with E-state index in [1.54, 1.807) is 0 Å². The maximum Gasteiger partial charge on any atom is 0.0709 e. The van der Waals surface area contributed by atoms with Gasteiger partial charge in [-0.2, -0.15) is 0 Å². The van der Waals surface area contributed by atoms with E-state index in [9.17, 15) is 0 Å². The van der Waals surface area contributed by atoms with Gasteiger partial charge < -0.3 is 9.47 Å². The summed E-state index contributed by atoms with van der Waals surface area (Å²) in [6, 6.07) is 26.6. The highest BCUT2D eigenvalue weighted by molar-refractivity contribution is 6.10. The van der Waals surface area contributed by atoms with Crippen molar-refractivity contribution >= 4 is 33.2 Å². The van der Waals surface area contributed by atoms with Crippen LogP contribution in [0, 0.1) is 11.8 Å². The van der Waals surface area contributed by atoms with Gasteiger partial charge in [-0.1, -0.05) is 140 Å². The van der Waals surface area contributed by atoms with Crippen molar-refractivity contribution in [1.29, 1.82) is 0 Å². The van der Waals surface area contributed by atoms with Gasteiger partial charge in [0.25, 0.3) is 0 Å². The van der Waals surface area contributed by atoms with Gasteiger partial charge in [-0.25, -0.2) is 0 Å². The molecule has 0 N–H and O–H groups in total. The van der Waals surface area contributed by atoms with Crippen molar-refractivity contribution in [2.24, 2.45) is 11.8 Å². The van der Waals surface area contributed by atoms with Crippen LogP contribution < -0.4 is 4.90 Å². The fraction of sp³-hybridized carbons (Fsp3) is 0.208. The average molecular weight is 649 g/mol. The van der Waals surface area contributed by atoms with Crippen molar-refractivity contribution in [3.05, 3.63) is 191 Å². The molecule has 1 aliphatic heterocycles. The molecule has 0 amide bonds. The molecular weight excluding hydrogens is 605 g/mol. The summed E-state index contributed by atoms with van der Waals surface area (Å²) in [4.78, 5) is 2.63. The summed E-state index contributed by atoms with van der Waals surface area (Å²) in [7, 11) is 0. The molecule has 2 heteroatoms. The molecule has 246 valence electrons. The fourth-order valence-electron chi connectivity index (χ4n) is 9.06. The molecule has 2 nitrogen and oxygen atoms in total. The van der Waals surface area contributed by atoms with Crippen LogP contribution in [0.15, 0.2) is 186 Å². The largest absolute Gasteiger partial charge is 0.334 e. The summed E-state index contributed by atoms with van der Waals surface area (Å²) in [6.07, 6.45) is 36.1. The van der Waals surface area contributed by atoms with Gasteiger partial charge in [0.15, 0.2) is 0 Å². The van der Waals surface area contributed by atoms with Gasteiger partial charge in [-0.3, -0.25) is 0 Å². The molecule has 50 heavy (non-hydrogen) atoms. The summed E-state index contributed by atoms with van der Waals surface area (Å²) in [5, 5.41) is 2.59. The molecule has 0 saturated heterocycles. The lowest BCUT2D eigenvalue weighted by atomic mass is 9.77. The van der Waals surface area contributed by atoms with Crippen molar-refractivity contribution < 1.29 is 0 Å². The van der Waals surface area contributed by atoms with Crippen LogP contribution in [0.5, 0.6) is 0 Å². The molecular formula is C48H44N2. The Bertz CT molecular complexity index is 2300. The number of hydrogen-bond acceptors (Lipinski definition) is 1. The SMILES string of the molecule is CC1=C/C/C(C2C=C(C3=CC(n4c5ccccc5c5ccccc54)=CC=CC3)C=CC2C)=C\C/C(N2c3ccccc3C3C=CC=CC32C)=C\1. The summed E-state index contributed by atoms with van der Waals surface area (Å²) in [5.74, 6) is 1.12. The molecule has 1 aromatic heterocycles. The maximum atomic E-state index is 2.63. The molecule has 4 aromatic rings. The molecule has 4 atom stereocenters. The second kappa shape index (κ2) is 12.2. The van der Waals surface area contributed by atoms with Gasteiger partial charge in [0.1, 0.15) is 0 Å². The summed E-state index contributed by atoms with van der Waals surface area (Å²) in [6.45, 7) is 7.06. The molecule has 9 rings (SSSR count). The number of allylic oxidation sites excluding steroid dienone is 17. The van der Waals surface area contributed by atoms with E-state index in [4.69, 9.17) is 0 Å². The fourth-order valence-corrected chi connectivity index (χ4v) is 9.06. The average Bonchev–Trinajstić information content (AvgIpc) is 3.47. The molecule has 2 heterocycles. The van der Waals surface area contributed by atoms with Gasteiger partial charge >= 0.3 is 0 Å². The Morgan fingerprint density at radius 3 is 2.34 bits per heavy atom. The third-order valence-electron chi connectivity index (χ3n) is 11.6. The van der Waals surface area contributed by atoms with Crippen LogP contribution in [-0.4, -0.2) is 10.1 Å². The summed E-state index contributed by atoms with van der Waals surface area (Å²) < 4.78 is 2.44. The molecule has 3 aromatic carbocycles. The van der Waals surface area contributed by atoms with Crippen molar-refractivity contribution in [1.82, 2.24) is 4.57 Å². The zero-order valence-electron chi connectivity index (χ0n) is 29.3. The topological polar surface area (TPSA) is 8.17 Å². The predicted molar refractivity (Wildman–Crippen MR) is 213 cm³/mol. The van der Waals surface area contributed by atoms with E-state index < -0.39 is 0 Å². The number of anilines is 1. The maximum absolute atomic E-state index is 2.63. The minimum absolute atomic E-state index is 0.118. The molecule has 0 saturated carbocycles. The van der Waals surface area contributed by atoms with Gasteiger partial charge in [0.2, 0.25) is 0 Å².